The summed E-state index contributed by atoms with van der Waals surface area (Å²) in [7, 11) is 2.93. The highest BCUT2D eigenvalue weighted by atomic mass is 16.5. The summed E-state index contributed by atoms with van der Waals surface area (Å²) >= 11 is 0. The fourth-order valence-corrected chi connectivity index (χ4v) is 4.38. The van der Waals surface area contributed by atoms with Crippen LogP contribution in [-0.4, -0.2) is 98.4 Å². The minimum absolute atomic E-state index is 0.0450. The zero-order chi connectivity index (χ0) is 31.2. The molecule has 0 aliphatic carbocycles. The maximum absolute atomic E-state index is 13.4. The van der Waals surface area contributed by atoms with Gasteiger partial charge < -0.3 is 36.2 Å². The fraction of sp³-hybridized carbons (Fsp3) is 0.586. The van der Waals surface area contributed by atoms with Crippen LogP contribution in [0.3, 0.4) is 0 Å². The van der Waals surface area contributed by atoms with E-state index in [-0.39, 0.29) is 44.9 Å². The van der Waals surface area contributed by atoms with Gasteiger partial charge >= 0.3 is 0 Å². The third-order valence-electron chi connectivity index (χ3n) is 6.83. The maximum atomic E-state index is 13.4. The number of nitrogens with zero attached hydrogens (tertiary/aromatic N) is 1. The minimum atomic E-state index is -1.04. The first-order chi connectivity index (χ1) is 19.9. The van der Waals surface area contributed by atoms with E-state index in [0.717, 1.165) is 5.56 Å². The number of benzene rings is 1. The third-order valence-corrected chi connectivity index (χ3v) is 6.83. The van der Waals surface area contributed by atoms with Crippen molar-refractivity contribution in [2.75, 3.05) is 33.9 Å². The van der Waals surface area contributed by atoms with Gasteiger partial charge in [0.15, 0.2) is 0 Å². The third kappa shape index (κ3) is 11.1. The molecule has 42 heavy (non-hydrogen) atoms. The van der Waals surface area contributed by atoms with Crippen LogP contribution in [0, 0.1) is 5.92 Å². The van der Waals surface area contributed by atoms with Crippen molar-refractivity contribution in [1.82, 2.24) is 31.5 Å². The van der Waals surface area contributed by atoms with Crippen LogP contribution < -0.4 is 26.6 Å². The van der Waals surface area contributed by atoms with E-state index >= 15 is 0 Å². The topological polar surface area (TPSA) is 175 Å². The molecule has 5 N–H and O–H groups in total. The number of nitrogens with one attached hydrogen (secondary N) is 5. The molecule has 13 nitrogen and oxygen atoms in total. The second-order valence-electron chi connectivity index (χ2n) is 10.8. The van der Waals surface area contributed by atoms with Crippen LogP contribution in [0.5, 0.6) is 0 Å². The minimum Gasteiger partial charge on any atom is -0.384 e. The molecule has 4 atom stereocenters. The molecule has 1 saturated heterocycles. The highest BCUT2D eigenvalue weighted by Gasteiger charge is 2.32. The van der Waals surface area contributed by atoms with Gasteiger partial charge in [0, 0.05) is 33.5 Å². The zero-order valence-corrected chi connectivity index (χ0v) is 25.0. The lowest BCUT2D eigenvalue weighted by Gasteiger charge is -2.28. The predicted molar refractivity (Wildman–Crippen MR) is 155 cm³/mol. The van der Waals surface area contributed by atoms with Gasteiger partial charge in [-0.15, -0.1) is 0 Å². The van der Waals surface area contributed by atoms with Crippen molar-refractivity contribution in [2.24, 2.45) is 5.92 Å². The van der Waals surface area contributed by atoms with Crippen molar-refractivity contribution in [3.05, 3.63) is 35.9 Å². The molecule has 1 heterocycles. The Bertz CT molecular complexity index is 1100. The van der Waals surface area contributed by atoms with Gasteiger partial charge in [-0.1, -0.05) is 44.2 Å². The van der Waals surface area contributed by atoms with E-state index in [1.165, 1.54) is 26.0 Å². The zero-order valence-electron chi connectivity index (χ0n) is 25.0. The van der Waals surface area contributed by atoms with Crippen molar-refractivity contribution in [1.29, 1.82) is 0 Å². The van der Waals surface area contributed by atoms with Gasteiger partial charge in [-0.3, -0.25) is 28.8 Å². The molecule has 232 valence electrons. The van der Waals surface area contributed by atoms with E-state index in [1.54, 1.807) is 13.8 Å². The molecule has 0 spiro atoms. The van der Waals surface area contributed by atoms with E-state index in [0.29, 0.717) is 6.42 Å². The van der Waals surface area contributed by atoms with E-state index in [2.05, 4.69) is 26.6 Å². The molecule has 1 aliphatic heterocycles. The van der Waals surface area contributed by atoms with Crippen LogP contribution in [0.4, 0.5) is 0 Å². The molecule has 1 aromatic rings. The molecule has 0 aromatic heterocycles. The van der Waals surface area contributed by atoms with Crippen LogP contribution >= 0.6 is 0 Å². The molecule has 0 bridgehead atoms. The van der Waals surface area contributed by atoms with Gasteiger partial charge in [0.25, 0.3) is 0 Å². The first-order valence-corrected chi connectivity index (χ1v) is 14.2. The molecule has 0 radical (unpaired) electrons. The Morgan fingerprint density at radius 1 is 1.02 bits per heavy atom. The van der Waals surface area contributed by atoms with Crippen molar-refractivity contribution in [3.63, 3.8) is 0 Å². The summed E-state index contributed by atoms with van der Waals surface area (Å²) < 4.78 is 4.93. The lowest BCUT2D eigenvalue weighted by molar-refractivity contribution is -0.139. The second kappa shape index (κ2) is 17.1. The molecule has 1 fully saturated rings. The van der Waals surface area contributed by atoms with Gasteiger partial charge in [-0.25, -0.2) is 0 Å². The predicted octanol–water partition coefficient (Wildman–Crippen LogP) is -0.751. The van der Waals surface area contributed by atoms with Crippen LogP contribution in [0.1, 0.15) is 45.6 Å². The number of methoxy groups -OCH3 is 1. The average Bonchev–Trinajstić information content (AvgIpc) is 2.95. The molecule has 6 amide bonds. The first-order valence-electron chi connectivity index (χ1n) is 14.2. The van der Waals surface area contributed by atoms with E-state index in [9.17, 15) is 28.8 Å². The number of ether oxygens (including phenoxy) is 1. The SMILES string of the molecule is COCCC(=O)N[C@H]1CCCNC(=O)CN(C)C(=O)[C@H](Cc2ccccc2)NC(=O)[C@@H](C)NC(=O)[C@@H](C(C)C)NC1=O. The normalized spacial score (nSPS) is 23.7. The highest BCUT2D eigenvalue weighted by Crippen LogP contribution is 2.09. The Hall–Kier alpha value is -4.00. The molecule has 0 unspecified atom stereocenters. The second-order valence-corrected chi connectivity index (χ2v) is 10.8. The molecule has 2 rings (SSSR count). The van der Waals surface area contributed by atoms with Crippen LogP contribution in [0.15, 0.2) is 30.3 Å². The Morgan fingerprint density at radius 2 is 1.71 bits per heavy atom. The summed E-state index contributed by atoms with van der Waals surface area (Å²) in [5.41, 5.74) is 0.805. The highest BCUT2D eigenvalue weighted by molar-refractivity contribution is 5.96. The molecule has 1 aliphatic rings. The maximum Gasteiger partial charge on any atom is 0.245 e. The van der Waals surface area contributed by atoms with E-state index in [4.69, 9.17) is 4.74 Å². The number of hydrogen-bond acceptors (Lipinski definition) is 7. The smallest absolute Gasteiger partial charge is 0.245 e. The summed E-state index contributed by atoms with van der Waals surface area (Å²) in [4.78, 5) is 79.2. The monoisotopic (exact) mass is 588 g/mol. The molecular formula is C29H44N6O7. The summed E-state index contributed by atoms with van der Waals surface area (Å²) in [5, 5.41) is 13.4. The van der Waals surface area contributed by atoms with Gasteiger partial charge in [0.1, 0.15) is 24.2 Å². The van der Waals surface area contributed by atoms with Crippen molar-refractivity contribution in [2.45, 2.75) is 70.6 Å². The van der Waals surface area contributed by atoms with Crippen molar-refractivity contribution < 1.29 is 33.5 Å². The number of amides is 6. The van der Waals surface area contributed by atoms with Crippen molar-refractivity contribution in [3.8, 4) is 0 Å². The Morgan fingerprint density at radius 3 is 2.36 bits per heavy atom. The number of likely N-dealkylation sites (N-methyl/N-ethyl adjacent to an activating group) is 1. The first kappa shape index (κ1) is 34.2. The number of hydrogen-bond donors (Lipinski definition) is 5. The lowest BCUT2D eigenvalue weighted by Crippen LogP contribution is -2.59. The standard InChI is InChI=1S/C29H44N6O7/c1-18(2)25-28(40)31-19(3)26(38)33-22(16-20-10-7-6-8-11-20)29(41)35(4)17-24(37)30-14-9-12-21(27(39)34-25)32-23(36)13-15-42-5/h6-8,10-11,18-19,21-22,25H,9,12-17H2,1-5H3,(H,30,37)(H,31,40)(H,32,36)(H,33,38)(H,34,39)/t19-,21+,22+,25-/m1/s1. The van der Waals surface area contributed by atoms with Crippen LogP contribution in [-0.2, 0) is 39.9 Å². The van der Waals surface area contributed by atoms with Gasteiger partial charge in [0.05, 0.1) is 13.2 Å². The molecule has 13 heteroatoms. The number of rotatable bonds is 7. The Balaban J connectivity index is 2.31. The summed E-state index contributed by atoms with van der Waals surface area (Å²) in [6, 6.07) is 5.12. The summed E-state index contributed by atoms with van der Waals surface area (Å²) in [6.07, 6.45) is 0.752. The van der Waals surface area contributed by atoms with E-state index < -0.39 is 59.6 Å². The number of carbonyl (C=O) groups is 6. The van der Waals surface area contributed by atoms with Crippen LogP contribution in [0.25, 0.3) is 0 Å². The Kier molecular flexibility index (Phi) is 13.9. The van der Waals surface area contributed by atoms with Crippen LogP contribution in [0.2, 0.25) is 0 Å². The molecule has 0 saturated carbocycles. The quantitative estimate of drug-likeness (QED) is 0.278. The van der Waals surface area contributed by atoms with Gasteiger partial charge in [0.2, 0.25) is 35.4 Å². The average molecular weight is 589 g/mol. The van der Waals surface area contributed by atoms with Crippen molar-refractivity contribution >= 4 is 35.4 Å². The largest absolute Gasteiger partial charge is 0.384 e. The van der Waals surface area contributed by atoms with E-state index in [1.807, 2.05) is 30.3 Å². The number of carbonyl (C=O) groups excluding carboxylic acids is 6. The summed E-state index contributed by atoms with van der Waals surface area (Å²) in [6.45, 7) is 5.07. The van der Waals surface area contributed by atoms with Gasteiger partial charge in [-0.2, -0.15) is 0 Å². The lowest BCUT2D eigenvalue weighted by atomic mass is 10.0. The molecular weight excluding hydrogens is 544 g/mol. The molecule has 1 aromatic carbocycles. The Labute approximate surface area is 246 Å². The fourth-order valence-electron chi connectivity index (χ4n) is 4.38. The summed E-state index contributed by atoms with van der Waals surface area (Å²) in [5.74, 6) is -3.37. The van der Waals surface area contributed by atoms with Gasteiger partial charge in [-0.05, 0) is 31.2 Å².